The summed E-state index contributed by atoms with van der Waals surface area (Å²) in [5.41, 5.74) is 4.39. The maximum Gasteiger partial charge on any atom is 0.232 e. The molecule has 0 bridgehead atoms. The number of hydrogen-bond acceptors (Lipinski definition) is 5. The van der Waals surface area contributed by atoms with Gasteiger partial charge in [0, 0.05) is 24.0 Å². The van der Waals surface area contributed by atoms with Gasteiger partial charge in [-0.15, -0.1) is 0 Å². The highest BCUT2D eigenvalue weighted by Gasteiger charge is 2.20. The van der Waals surface area contributed by atoms with E-state index >= 15 is 0 Å². The molecule has 0 saturated heterocycles. The SMILES string of the molecule is CCOc1ccccc1Nc1cc(C)nc(N2CCCc3ccccc32)n1. The first-order valence-corrected chi connectivity index (χ1v) is 9.44. The van der Waals surface area contributed by atoms with E-state index in [1.165, 1.54) is 11.3 Å². The van der Waals surface area contributed by atoms with E-state index in [4.69, 9.17) is 14.7 Å². The zero-order valence-electron chi connectivity index (χ0n) is 15.8. The standard InChI is InChI=1S/C22H24N4O/c1-3-27-20-13-7-5-11-18(20)24-21-15-16(2)23-22(25-21)26-14-8-10-17-9-4-6-12-19(17)26/h4-7,9,11-13,15H,3,8,10,14H2,1-2H3,(H,23,24,25). The summed E-state index contributed by atoms with van der Waals surface area (Å²) in [6.45, 7) is 5.53. The number of aryl methyl sites for hydroxylation is 2. The fourth-order valence-electron chi connectivity index (χ4n) is 3.47. The quantitative estimate of drug-likeness (QED) is 0.693. The first-order valence-electron chi connectivity index (χ1n) is 9.44. The Balaban J connectivity index is 1.67. The number of hydrogen-bond donors (Lipinski definition) is 1. The normalized spacial score (nSPS) is 13.2. The molecule has 1 aliphatic heterocycles. The molecule has 0 aliphatic carbocycles. The van der Waals surface area contributed by atoms with Crippen molar-refractivity contribution in [2.45, 2.75) is 26.7 Å². The van der Waals surface area contributed by atoms with Crippen molar-refractivity contribution in [2.75, 3.05) is 23.4 Å². The molecule has 0 unspecified atom stereocenters. The van der Waals surface area contributed by atoms with E-state index < -0.39 is 0 Å². The highest BCUT2D eigenvalue weighted by molar-refractivity contribution is 5.67. The van der Waals surface area contributed by atoms with E-state index in [9.17, 15) is 0 Å². The van der Waals surface area contributed by atoms with Gasteiger partial charge in [-0.3, -0.25) is 0 Å². The Kier molecular flexibility index (Phi) is 4.92. The van der Waals surface area contributed by atoms with Crippen molar-refractivity contribution in [2.24, 2.45) is 0 Å². The van der Waals surface area contributed by atoms with Crippen LogP contribution in [0, 0.1) is 6.92 Å². The minimum atomic E-state index is 0.622. The van der Waals surface area contributed by atoms with E-state index in [0.717, 1.165) is 48.3 Å². The molecule has 27 heavy (non-hydrogen) atoms. The minimum absolute atomic E-state index is 0.622. The molecule has 1 aliphatic rings. The number of fused-ring (bicyclic) bond motifs is 1. The lowest BCUT2D eigenvalue weighted by molar-refractivity contribution is 0.342. The Morgan fingerprint density at radius 3 is 2.78 bits per heavy atom. The topological polar surface area (TPSA) is 50.3 Å². The zero-order valence-corrected chi connectivity index (χ0v) is 15.8. The van der Waals surface area contributed by atoms with Gasteiger partial charge in [0.25, 0.3) is 0 Å². The smallest absolute Gasteiger partial charge is 0.232 e. The lowest BCUT2D eigenvalue weighted by Crippen LogP contribution is -2.26. The molecule has 138 valence electrons. The number of rotatable bonds is 5. The van der Waals surface area contributed by atoms with Gasteiger partial charge in [-0.2, -0.15) is 4.98 Å². The van der Waals surface area contributed by atoms with Crippen molar-refractivity contribution < 1.29 is 4.74 Å². The van der Waals surface area contributed by atoms with Crippen LogP contribution in [-0.4, -0.2) is 23.1 Å². The third-order valence-electron chi connectivity index (χ3n) is 4.64. The molecule has 0 saturated carbocycles. The number of nitrogens with one attached hydrogen (secondary N) is 1. The highest BCUT2D eigenvalue weighted by atomic mass is 16.5. The Morgan fingerprint density at radius 1 is 1.07 bits per heavy atom. The van der Waals surface area contributed by atoms with Crippen molar-refractivity contribution in [3.63, 3.8) is 0 Å². The van der Waals surface area contributed by atoms with Crippen LogP contribution in [0.2, 0.25) is 0 Å². The number of para-hydroxylation sites is 3. The summed E-state index contributed by atoms with van der Waals surface area (Å²) in [5, 5.41) is 3.40. The van der Waals surface area contributed by atoms with Crippen molar-refractivity contribution >= 4 is 23.1 Å². The van der Waals surface area contributed by atoms with Gasteiger partial charge in [0.05, 0.1) is 12.3 Å². The van der Waals surface area contributed by atoms with Gasteiger partial charge in [0.2, 0.25) is 5.95 Å². The van der Waals surface area contributed by atoms with E-state index in [0.29, 0.717) is 6.61 Å². The lowest BCUT2D eigenvalue weighted by atomic mass is 10.0. The Bertz CT molecular complexity index is 941. The van der Waals surface area contributed by atoms with E-state index in [1.54, 1.807) is 0 Å². The highest BCUT2D eigenvalue weighted by Crippen LogP contribution is 2.33. The van der Waals surface area contributed by atoms with Crippen LogP contribution in [0.5, 0.6) is 5.75 Å². The average Bonchev–Trinajstić information content (AvgIpc) is 2.69. The lowest BCUT2D eigenvalue weighted by Gasteiger charge is -2.29. The molecule has 0 amide bonds. The van der Waals surface area contributed by atoms with Crippen molar-refractivity contribution in [1.82, 2.24) is 9.97 Å². The Labute approximate surface area is 160 Å². The summed E-state index contributed by atoms with van der Waals surface area (Å²) >= 11 is 0. The van der Waals surface area contributed by atoms with E-state index in [1.807, 2.05) is 44.2 Å². The monoisotopic (exact) mass is 360 g/mol. The van der Waals surface area contributed by atoms with Crippen LogP contribution in [0.3, 0.4) is 0 Å². The maximum absolute atomic E-state index is 5.72. The molecule has 0 spiro atoms. The molecule has 1 aromatic heterocycles. The van der Waals surface area contributed by atoms with Crippen molar-refractivity contribution in [3.05, 3.63) is 65.9 Å². The minimum Gasteiger partial charge on any atom is -0.492 e. The van der Waals surface area contributed by atoms with Crippen LogP contribution in [0.4, 0.5) is 23.1 Å². The summed E-state index contributed by atoms with van der Waals surface area (Å²) in [6.07, 6.45) is 2.20. The maximum atomic E-state index is 5.72. The van der Waals surface area contributed by atoms with Crippen LogP contribution < -0.4 is 15.0 Å². The van der Waals surface area contributed by atoms with E-state index in [2.05, 4.69) is 34.5 Å². The van der Waals surface area contributed by atoms with Crippen LogP contribution in [-0.2, 0) is 6.42 Å². The Hall–Kier alpha value is -3.08. The number of ether oxygens (including phenoxy) is 1. The molecule has 0 radical (unpaired) electrons. The molecule has 5 heteroatoms. The largest absolute Gasteiger partial charge is 0.492 e. The molecule has 0 fully saturated rings. The fourth-order valence-corrected chi connectivity index (χ4v) is 3.47. The van der Waals surface area contributed by atoms with Gasteiger partial charge in [-0.25, -0.2) is 4.98 Å². The second-order valence-electron chi connectivity index (χ2n) is 6.63. The number of anilines is 4. The number of aromatic nitrogens is 2. The predicted octanol–water partition coefficient (Wildman–Crippen LogP) is 5.01. The predicted molar refractivity (Wildman–Crippen MR) is 109 cm³/mol. The van der Waals surface area contributed by atoms with Gasteiger partial charge in [0.1, 0.15) is 11.6 Å². The molecule has 0 atom stereocenters. The van der Waals surface area contributed by atoms with Crippen LogP contribution in [0.25, 0.3) is 0 Å². The molecular weight excluding hydrogens is 336 g/mol. The molecule has 5 nitrogen and oxygen atoms in total. The third kappa shape index (κ3) is 3.72. The fraction of sp³-hybridized carbons (Fsp3) is 0.273. The third-order valence-corrected chi connectivity index (χ3v) is 4.64. The molecular formula is C22H24N4O. The summed E-state index contributed by atoms with van der Waals surface area (Å²) in [7, 11) is 0. The van der Waals surface area contributed by atoms with Gasteiger partial charge in [-0.05, 0) is 50.5 Å². The molecule has 4 rings (SSSR count). The van der Waals surface area contributed by atoms with E-state index in [-0.39, 0.29) is 0 Å². The summed E-state index contributed by atoms with van der Waals surface area (Å²) < 4.78 is 5.72. The van der Waals surface area contributed by atoms with Gasteiger partial charge < -0.3 is 15.0 Å². The second-order valence-corrected chi connectivity index (χ2v) is 6.63. The number of benzene rings is 2. The van der Waals surface area contributed by atoms with Crippen molar-refractivity contribution in [1.29, 1.82) is 0 Å². The Morgan fingerprint density at radius 2 is 1.89 bits per heavy atom. The van der Waals surface area contributed by atoms with Gasteiger partial charge in [-0.1, -0.05) is 30.3 Å². The van der Waals surface area contributed by atoms with Crippen LogP contribution >= 0.6 is 0 Å². The first-order chi connectivity index (χ1) is 13.2. The summed E-state index contributed by atoms with van der Waals surface area (Å²) in [5.74, 6) is 2.33. The summed E-state index contributed by atoms with van der Waals surface area (Å²) in [6, 6.07) is 18.4. The van der Waals surface area contributed by atoms with Crippen molar-refractivity contribution in [3.8, 4) is 5.75 Å². The molecule has 3 aromatic rings. The number of nitrogens with zero attached hydrogens (tertiary/aromatic N) is 3. The van der Waals surface area contributed by atoms with Crippen LogP contribution in [0.15, 0.2) is 54.6 Å². The van der Waals surface area contributed by atoms with Gasteiger partial charge >= 0.3 is 0 Å². The zero-order chi connectivity index (χ0) is 18.6. The van der Waals surface area contributed by atoms with Gasteiger partial charge in [0.15, 0.2) is 0 Å². The second kappa shape index (κ2) is 7.66. The first kappa shape index (κ1) is 17.3. The molecule has 2 heterocycles. The summed E-state index contributed by atoms with van der Waals surface area (Å²) in [4.78, 5) is 11.7. The van der Waals surface area contributed by atoms with Crippen LogP contribution in [0.1, 0.15) is 24.6 Å². The average molecular weight is 360 g/mol. The molecule has 1 N–H and O–H groups in total. The molecule has 2 aromatic carbocycles.